The first kappa shape index (κ1) is 31.0. The second kappa shape index (κ2) is 13.1. The van der Waals surface area contributed by atoms with Gasteiger partial charge in [-0.25, -0.2) is 15.0 Å². The van der Waals surface area contributed by atoms with Gasteiger partial charge in [-0.3, -0.25) is 0 Å². The van der Waals surface area contributed by atoms with Gasteiger partial charge in [-0.05, 0) is 40.5 Å². The highest BCUT2D eigenvalue weighted by Gasteiger charge is 2.19. The largest absolute Gasteiger partial charge is 0.247 e. The van der Waals surface area contributed by atoms with Crippen LogP contribution in [0.4, 0.5) is 0 Å². The summed E-state index contributed by atoms with van der Waals surface area (Å²) in [5, 5.41) is 3.63. The highest BCUT2D eigenvalue weighted by atomic mass is 32.1. The summed E-state index contributed by atoms with van der Waals surface area (Å²) < 4.78 is 2.52. The van der Waals surface area contributed by atoms with Crippen molar-refractivity contribution in [2.45, 2.75) is 0 Å². The lowest BCUT2D eigenvalue weighted by Crippen LogP contribution is -1.96. The van der Waals surface area contributed by atoms with Crippen molar-refractivity contribution in [1.82, 2.24) is 15.0 Å². The van der Waals surface area contributed by atoms with Crippen LogP contribution in [0.1, 0.15) is 0 Å². The Morgan fingerprint density at radius 3 is 1.58 bits per heavy atom. The van der Waals surface area contributed by atoms with Crippen molar-refractivity contribution in [3.63, 3.8) is 0 Å². The minimum absolute atomic E-state index is 0.694. The average molecular weight is 694 g/mol. The molecule has 0 unspecified atom stereocenters. The molecule has 3 aromatic heterocycles. The molecule has 248 valence electrons. The maximum Gasteiger partial charge on any atom is 0.160 e. The minimum atomic E-state index is 0.694. The molecular weight excluding hydrogens is 663 g/mol. The maximum atomic E-state index is 5.33. The summed E-state index contributed by atoms with van der Waals surface area (Å²) in [5.41, 5.74) is 12.7. The summed E-state index contributed by atoms with van der Waals surface area (Å²) in [7, 11) is 0. The van der Waals surface area contributed by atoms with Gasteiger partial charge in [-0.2, -0.15) is 0 Å². The molecule has 0 spiro atoms. The van der Waals surface area contributed by atoms with Crippen molar-refractivity contribution in [3.05, 3.63) is 188 Å². The van der Waals surface area contributed by atoms with E-state index in [0.29, 0.717) is 5.82 Å². The maximum absolute atomic E-state index is 5.33. The summed E-state index contributed by atoms with van der Waals surface area (Å²) in [5.74, 6) is 0.694. The van der Waals surface area contributed by atoms with Gasteiger partial charge >= 0.3 is 0 Å². The third-order valence-corrected chi connectivity index (χ3v) is 11.1. The van der Waals surface area contributed by atoms with Crippen molar-refractivity contribution in [3.8, 4) is 67.4 Å². The van der Waals surface area contributed by atoms with Crippen LogP contribution in [-0.2, 0) is 0 Å². The molecule has 10 aromatic rings. The number of aromatic nitrogens is 3. The first-order valence-electron chi connectivity index (χ1n) is 17.8. The summed E-state index contributed by atoms with van der Waals surface area (Å²) in [6.45, 7) is 0. The molecule has 0 aliphatic carbocycles. The summed E-state index contributed by atoms with van der Waals surface area (Å²) >= 11 is 1.85. The molecule has 10 rings (SSSR count). The molecule has 53 heavy (non-hydrogen) atoms. The van der Waals surface area contributed by atoms with Gasteiger partial charge in [0.1, 0.15) is 0 Å². The number of hydrogen-bond donors (Lipinski definition) is 0. The average Bonchev–Trinajstić information content (AvgIpc) is 3.64. The molecule has 0 aliphatic heterocycles. The molecule has 4 heteroatoms. The third-order valence-electron chi connectivity index (χ3n) is 9.92. The highest BCUT2D eigenvalue weighted by molar-refractivity contribution is 7.26. The van der Waals surface area contributed by atoms with Crippen molar-refractivity contribution < 1.29 is 0 Å². The molecule has 0 saturated carbocycles. The van der Waals surface area contributed by atoms with Crippen LogP contribution in [0.5, 0.6) is 0 Å². The number of benzene rings is 7. The molecule has 0 saturated heterocycles. The SMILES string of the molecule is c1ccc(-c2ccc(-c3cc(-c4ccccc4)nc(-c4ccc(-c5cccc6nc(-c7ccccc7)c7c8ccccc8sc7c56)cc4)n3)cc2)cc1. The Hall–Kier alpha value is -6.75. The molecular formula is C49H31N3S. The van der Waals surface area contributed by atoms with Crippen LogP contribution in [0.15, 0.2) is 188 Å². The smallest absolute Gasteiger partial charge is 0.160 e. The zero-order valence-electron chi connectivity index (χ0n) is 28.6. The number of fused-ring (bicyclic) bond motifs is 5. The van der Waals surface area contributed by atoms with Crippen molar-refractivity contribution in [2.24, 2.45) is 0 Å². The molecule has 0 bridgehead atoms. The number of nitrogens with zero attached hydrogens (tertiary/aromatic N) is 3. The second-order valence-electron chi connectivity index (χ2n) is 13.2. The fourth-order valence-electron chi connectivity index (χ4n) is 7.29. The Bertz CT molecular complexity index is 2900. The van der Waals surface area contributed by atoms with Crippen LogP contribution in [0.2, 0.25) is 0 Å². The monoisotopic (exact) mass is 693 g/mol. The van der Waals surface area contributed by atoms with Gasteiger partial charge in [0.25, 0.3) is 0 Å². The summed E-state index contributed by atoms with van der Waals surface area (Å²) in [6.07, 6.45) is 0. The van der Waals surface area contributed by atoms with Crippen molar-refractivity contribution >= 4 is 42.4 Å². The Labute approximate surface area is 311 Å². The van der Waals surface area contributed by atoms with E-state index >= 15 is 0 Å². The normalized spacial score (nSPS) is 11.4. The van der Waals surface area contributed by atoms with E-state index in [0.717, 1.165) is 56.0 Å². The standard InChI is InChI=1S/C49H31N3S/c1-4-13-32(14-5-1)33-23-27-36(28-24-33)43-31-42(35-15-6-2-7-16-35)51-49(52-43)38-29-25-34(26-30-38)39-20-12-21-41-45(39)48-46(40-19-10-11-22-44(40)53-48)47(50-41)37-17-8-3-9-18-37/h1-31H. The summed E-state index contributed by atoms with van der Waals surface area (Å²) in [6, 6.07) is 65.9. The van der Waals surface area contributed by atoms with Gasteiger partial charge in [-0.1, -0.05) is 170 Å². The molecule has 0 aliphatic rings. The van der Waals surface area contributed by atoms with E-state index < -0.39 is 0 Å². The van der Waals surface area contributed by atoms with Gasteiger partial charge < -0.3 is 0 Å². The minimum Gasteiger partial charge on any atom is -0.247 e. The van der Waals surface area contributed by atoms with E-state index in [2.05, 4.69) is 176 Å². The molecule has 0 N–H and O–H groups in total. The van der Waals surface area contributed by atoms with Crippen molar-refractivity contribution in [2.75, 3.05) is 0 Å². The van der Waals surface area contributed by atoms with Crippen LogP contribution in [-0.4, -0.2) is 15.0 Å². The number of pyridine rings is 1. The lowest BCUT2D eigenvalue weighted by molar-refractivity contribution is 1.18. The molecule has 0 radical (unpaired) electrons. The van der Waals surface area contributed by atoms with Crippen LogP contribution in [0, 0.1) is 0 Å². The quantitative estimate of drug-likeness (QED) is 0.174. The van der Waals surface area contributed by atoms with Crippen molar-refractivity contribution in [1.29, 1.82) is 0 Å². The molecule has 0 fully saturated rings. The molecule has 0 atom stereocenters. The summed E-state index contributed by atoms with van der Waals surface area (Å²) in [4.78, 5) is 15.6. The zero-order chi connectivity index (χ0) is 35.1. The fraction of sp³-hybridized carbons (Fsp3) is 0. The van der Waals surface area contributed by atoms with E-state index in [1.807, 2.05) is 23.5 Å². The van der Waals surface area contributed by atoms with Gasteiger partial charge in [0.15, 0.2) is 5.82 Å². The molecule has 3 heterocycles. The molecule has 7 aromatic carbocycles. The molecule has 0 amide bonds. The zero-order valence-corrected chi connectivity index (χ0v) is 29.5. The molecule has 3 nitrogen and oxygen atoms in total. The topological polar surface area (TPSA) is 38.7 Å². The van der Waals surface area contributed by atoms with Gasteiger partial charge in [0, 0.05) is 47.8 Å². The Morgan fingerprint density at radius 2 is 0.887 bits per heavy atom. The lowest BCUT2D eigenvalue weighted by atomic mass is 9.96. The van der Waals surface area contributed by atoms with Crippen LogP contribution in [0.3, 0.4) is 0 Å². The van der Waals surface area contributed by atoms with E-state index in [-0.39, 0.29) is 0 Å². The van der Waals surface area contributed by atoms with E-state index in [9.17, 15) is 0 Å². The van der Waals surface area contributed by atoms with Gasteiger partial charge in [-0.15, -0.1) is 11.3 Å². The van der Waals surface area contributed by atoms with Crippen LogP contribution in [0.25, 0.3) is 98.5 Å². The third kappa shape index (κ3) is 5.66. The van der Waals surface area contributed by atoms with Gasteiger partial charge in [0.2, 0.25) is 0 Å². The van der Waals surface area contributed by atoms with Crippen LogP contribution >= 0.6 is 11.3 Å². The fourth-order valence-corrected chi connectivity index (χ4v) is 8.57. The predicted octanol–water partition coefficient (Wildman–Crippen LogP) is 13.4. The first-order valence-corrected chi connectivity index (χ1v) is 18.6. The second-order valence-corrected chi connectivity index (χ2v) is 14.2. The number of rotatable bonds is 6. The Balaban J connectivity index is 1.09. The number of hydrogen-bond acceptors (Lipinski definition) is 4. The lowest BCUT2D eigenvalue weighted by Gasteiger charge is -2.13. The van der Waals surface area contributed by atoms with Crippen LogP contribution < -0.4 is 0 Å². The number of thiophene rings is 1. The Morgan fingerprint density at radius 1 is 0.358 bits per heavy atom. The predicted molar refractivity (Wildman–Crippen MR) is 223 cm³/mol. The highest BCUT2D eigenvalue weighted by Crippen LogP contribution is 2.45. The van der Waals surface area contributed by atoms with E-state index in [1.54, 1.807) is 0 Å². The van der Waals surface area contributed by atoms with Gasteiger partial charge in [0.05, 0.1) is 22.6 Å². The van der Waals surface area contributed by atoms with E-state index in [1.165, 1.54) is 36.7 Å². The Kier molecular flexibility index (Phi) is 7.67. The first-order chi connectivity index (χ1) is 26.3. The van der Waals surface area contributed by atoms with E-state index in [4.69, 9.17) is 15.0 Å².